The first-order chi connectivity index (χ1) is 14.2. The van der Waals surface area contributed by atoms with Gasteiger partial charge in [0, 0.05) is 11.5 Å². The summed E-state index contributed by atoms with van der Waals surface area (Å²) in [4.78, 5) is 39.1. The lowest BCUT2D eigenvalue weighted by atomic mass is 9.91. The van der Waals surface area contributed by atoms with E-state index in [0.29, 0.717) is 27.7 Å². The molecule has 1 aliphatic rings. The summed E-state index contributed by atoms with van der Waals surface area (Å²) < 4.78 is 5.30. The van der Waals surface area contributed by atoms with Crippen molar-refractivity contribution in [3.8, 4) is 6.07 Å². The Morgan fingerprint density at radius 3 is 2.57 bits per heavy atom. The molecule has 0 aliphatic carbocycles. The van der Waals surface area contributed by atoms with E-state index in [1.54, 1.807) is 37.3 Å². The van der Waals surface area contributed by atoms with Gasteiger partial charge in [-0.25, -0.2) is 9.59 Å². The van der Waals surface area contributed by atoms with Gasteiger partial charge in [-0.15, -0.1) is 0 Å². The minimum atomic E-state index is -1.30. The lowest BCUT2D eigenvalue weighted by Crippen LogP contribution is -2.40. The molecule has 1 saturated heterocycles. The van der Waals surface area contributed by atoms with E-state index >= 15 is 0 Å². The predicted molar refractivity (Wildman–Crippen MR) is 110 cm³/mol. The third-order valence-electron chi connectivity index (χ3n) is 5.62. The van der Waals surface area contributed by atoms with Crippen molar-refractivity contribution in [1.82, 2.24) is 10.2 Å². The molecule has 0 radical (unpaired) electrons. The molecular weight excluding hydrogens is 382 g/mol. The standard InChI is InChI=1S/C23H19N3O4/c1-13-7-18-16(10-20(27)30-19(18)8-14(13)2)12-26-21(28)23(3,25-22(26)29)17-6-4-5-15(9-17)11-24/h4-10H,12H2,1-3H3,(H,25,29). The topological polar surface area (TPSA) is 103 Å². The molecule has 7 heteroatoms. The largest absolute Gasteiger partial charge is 0.423 e. The highest BCUT2D eigenvalue weighted by atomic mass is 16.4. The number of urea groups is 1. The molecule has 1 unspecified atom stereocenters. The number of imide groups is 1. The van der Waals surface area contributed by atoms with Crippen molar-refractivity contribution in [2.24, 2.45) is 0 Å². The number of hydrogen-bond donors (Lipinski definition) is 1. The Labute approximate surface area is 172 Å². The summed E-state index contributed by atoms with van der Waals surface area (Å²) in [5.74, 6) is -0.451. The van der Waals surface area contributed by atoms with Gasteiger partial charge in [-0.3, -0.25) is 9.69 Å². The van der Waals surface area contributed by atoms with E-state index in [1.807, 2.05) is 26.0 Å². The van der Waals surface area contributed by atoms with Crippen molar-refractivity contribution in [3.05, 3.63) is 80.7 Å². The lowest BCUT2D eigenvalue weighted by molar-refractivity contribution is -0.131. The second-order valence-electron chi connectivity index (χ2n) is 7.66. The highest BCUT2D eigenvalue weighted by Gasteiger charge is 2.49. The molecule has 0 spiro atoms. The first-order valence-electron chi connectivity index (χ1n) is 9.41. The molecule has 1 N–H and O–H groups in total. The number of nitrogens with zero attached hydrogens (tertiary/aromatic N) is 2. The van der Waals surface area contributed by atoms with Gasteiger partial charge in [-0.1, -0.05) is 12.1 Å². The number of nitriles is 1. The summed E-state index contributed by atoms with van der Waals surface area (Å²) in [5, 5.41) is 12.6. The summed E-state index contributed by atoms with van der Waals surface area (Å²) in [6, 6.07) is 13.0. The van der Waals surface area contributed by atoms with E-state index in [1.165, 1.54) is 6.07 Å². The SMILES string of the molecule is Cc1cc2oc(=O)cc(CN3C(=O)NC(C)(c4cccc(C#N)c4)C3=O)c2cc1C. The quantitative estimate of drug-likeness (QED) is 0.536. The Balaban J connectivity index is 1.75. The van der Waals surface area contributed by atoms with Gasteiger partial charge in [0.05, 0.1) is 18.2 Å². The van der Waals surface area contributed by atoms with Crippen LogP contribution in [-0.4, -0.2) is 16.8 Å². The maximum atomic E-state index is 13.2. The van der Waals surface area contributed by atoms with Gasteiger partial charge in [-0.05, 0) is 67.3 Å². The highest BCUT2D eigenvalue weighted by Crippen LogP contribution is 2.31. The maximum absolute atomic E-state index is 13.2. The van der Waals surface area contributed by atoms with Gasteiger partial charge in [0.25, 0.3) is 5.91 Å². The molecule has 1 aromatic heterocycles. The summed E-state index contributed by atoms with van der Waals surface area (Å²) in [6.07, 6.45) is 0. The van der Waals surface area contributed by atoms with Crippen LogP contribution in [0.3, 0.4) is 0 Å². The summed E-state index contributed by atoms with van der Waals surface area (Å²) >= 11 is 0. The van der Waals surface area contributed by atoms with Crippen LogP contribution in [0.2, 0.25) is 0 Å². The van der Waals surface area contributed by atoms with E-state index in [-0.39, 0.29) is 6.54 Å². The second-order valence-corrected chi connectivity index (χ2v) is 7.66. The summed E-state index contributed by atoms with van der Waals surface area (Å²) in [6.45, 7) is 5.40. The molecule has 0 bridgehead atoms. The number of benzene rings is 2. The average Bonchev–Trinajstić information content (AvgIpc) is 2.93. The van der Waals surface area contributed by atoms with E-state index in [2.05, 4.69) is 5.32 Å². The molecule has 3 amide bonds. The zero-order valence-corrected chi connectivity index (χ0v) is 16.8. The maximum Gasteiger partial charge on any atom is 0.336 e. The van der Waals surface area contributed by atoms with E-state index < -0.39 is 23.1 Å². The van der Waals surface area contributed by atoms with Crippen LogP contribution in [0, 0.1) is 25.2 Å². The molecule has 2 aromatic carbocycles. The van der Waals surface area contributed by atoms with Gasteiger partial charge in [0.2, 0.25) is 0 Å². The Kier molecular flexibility index (Phi) is 4.43. The Bertz CT molecular complexity index is 1320. The molecule has 2 heterocycles. The van der Waals surface area contributed by atoms with Crippen LogP contribution in [0.4, 0.5) is 4.79 Å². The summed E-state index contributed by atoms with van der Waals surface area (Å²) in [5.41, 5.74) is 2.00. The first-order valence-corrected chi connectivity index (χ1v) is 9.41. The number of nitrogens with one attached hydrogen (secondary N) is 1. The fraction of sp³-hybridized carbons (Fsp3) is 0.217. The van der Waals surface area contributed by atoms with Crippen LogP contribution in [0.15, 0.2) is 51.7 Å². The normalized spacial score (nSPS) is 18.5. The number of fused-ring (bicyclic) bond motifs is 1. The average molecular weight is 401 g/mol. The fourth-order valence-corrected chi connectivity index (χ4v) is 3.72. The van der Waals surface area contributed by atoms with Crippen molar-refractivity contribution in [1.29, 1.82) is 5.26 Å². The number of carbonyl (C=O) groups is 2. The molecule has 150 valence electrons. The van der Waals surface area contributed by atoms with E-state index in [0.717, 1.165) is 16.0 Å². The first kappa shape index (κ1) is 19.4. The van der Waals surface area contributed by atoms with E-state index in [4.69, 9.17) is 9.68 Å². The zero-order chi connectivity index (χ0) is 21.6. The summed E-state index contributed by atoms with van der Waals surface area (Å²) in [7, 11) is 0. The Hall–Kier alpha value is -3.92. The van der Waals surface area contributed by atoms with Crippen LogP contribution in [0.25, 0.3) is 11.0 Å². The van der Waals surface area contributed by atoms with Crippen molar-refractivity contribution in [3.63, 3.8) is 0 Å². The molecule has 1 aliphatic heterocycles. The Morgan fingerprint density at radius 2 is 1.83 bits per heavy atom. The number of amides is 3. The van der Waals surface area contributed by atoms with Gasteiger partial charge in [0.15, 0.2) is 0 Å². The van der Waals surface area contributed by atoms with Crippen molar-refractivity contribution in [2.75, 3.05) is 0 Å². The van der Waals surface area contributed by atoms with Crippen molar-refractivity contribution >= 4 is 22.9 Å². The van der Waals surface area contributed by atoms with Gasteiger partial charge in [0.1, 0.15) is 11.1 Å². The van der Waals surface area contributed by atoms with E-state index in [9.17, 15) is 14.4 Å². The number of aryl methyl sites for hydroxylation is 2. The predicted octanol–water partition coefficient (Wildman–Crippen LogP) is 3.25. The van der Waals surface area contributed by atoms with Gasteiger partial charge >= 0.3 is 11.7 Å². The van der Waals surface area contributed by atoms with Crippen molar-refractivity contribution < 1.29 is 14.0 Å². The molecule has 4 rings (SSSR count). The third-order valence-corrected chi connectivity index (χ3v) is 5.62. The van der Waals surface area contributed by atoms with Crippen LogP contribution >= 0.6 is 0 Å². The smallest absolute Gasteiger partial charge is 0.336 e. The molecule has 30 heavy (non-hydrogen) atoms. The molecule has 1 fully saturated rings. The van der Waals surface area contributed by atoms with Gasteiger partial charge < -0.3 is 9.73 Å². The van der Waals surface area contributed by atoms with Crippen LogP contribution in [-0.2, 0) is 16.9 Å². The molecule has 1 atom stereocenters. The fourth-order valence-electron chi connectivity index (χ4n) is 3.72. The molecule has 7 nitrogen and oxygen atoms in total. The minimum absolute atomic E-state index is 0.0667. The number of rotatable bonds is 3. The molecule has 0 saturated carbocycles. The second kappa shape index (κ2) is 6.85. The minimum Gasteiger partial charge on any atom is -0.423 e. The number of carbonyl (C=O) groups excluding carboxylic acids is 2. The van der Waals surface area contributed by atoms with Crippen LogP contribution in [0.1, 0.15) is 34.7 Å². The monoisotopic (exact) mass is 401 g/mol. The lowest BCUT2D eigenvalue weighted by Gasteiger charge is -2.22. The van der Waals surface area contributed by atoms with Crippen LogP contribution in [0.5, 0.6) is 0 Å². The van der Waals surface area contributed by atoms with Crippen molar-refractivity contribution in [2.45, 2.75) is 32.9 Å². The molecule has 3 aromatic rings. The highest BCUT2D eigenvalue weighted by molar-refractivity contribution is 6.07. The zero-order valence-electron chi connectivity index (χ0n) is 16.8. The van der Waals surface area contributed by atoms with Gasteiger partial charge in [-0.2, -0.15) is 5.26 Å². The third kappa shape index (κ3) is 3.03. The van der Waals surface area contributed by atoms with Crippen LogP contribution < -0.4 is 10.9 Å². The number of hydrogen-bond acceptors (Lipinski definition) is 5. The molecular formula is C23H19N3O4. The Morgan fingerprint density at radius 1 is 1.10 bits per heavy atom.